The van der Waals surface area contributed by atoms with Gasteiger partial charge in [-0.15, -0.1) is 0 Å². The second-order valence-corrected chi connectivity index (χ2v) is 9.75. The molecule has 196 valence electrons. The van der Waals surface area contributed by atoms with Crippen molar-refractivity contribution in [1.29, 1.82) is 0 Å². The summed E-state index contributed by atoms with van der Waals surface area (Å²) < 4.78 is 34.7. The molecule has 0 radical (unpaired) electrons. The van der Waals surface area contributed by atoms with Gasteiger partial charge >= 0.3 is 12.1 Å². The van der Waals surface area contributed by atoms with Gasteiger partial charge in [0.25, 0.3) is 0 Å². The van der Waals surface area contributed by atoms with E-state index >= 15 is 0 Å². The summed E-state index contributed by atoms with van der Waals surface area (Å²) in [6, 6.07) is 7.59. The van der Waals surface area contributed by atoms with Gasteiger partial charge in [0.15, 0.2) is 11.6 Å². The van der Waals surface area contributed by atoms with Gasteiger partial charge < -0.3 is 24.2 Å². The first-order valence-corrected chi connectivity index (χ1v) is 12.6. The summed E-state index contributed by atoms with van der Waals surface area (Å²) >= 11 is 0. The maximum Gasteiger partial charge on any atom is 0.409 e. The third-order valence-corrected chi connectivity index (χ3v) is 7.41. The molecular formula is C27H30F2N4O4. The van der Waals surface area contributed by atoms with Crippen LogP contribution in [0.1, 0.15) is 48.3 Å². The van der Waals surface area contributed by atoms with Crippen LogP contribution in [0.3, 0.4) is 0 Å². The molecular weight excluding hydrogens is 482 g/mol. The Bertz CT molecular complexity index is 1340. The number of rotatable bonds is 6. The van der Waals surface area contributed by atoms with Gasteiger partial charge in [-0.1, -0.05) is 12.1 Å². The number of anilines is 1. The number of hydrogen-bond acceptors (Lipinski definition) is 5. The Kier molecular flexibility index (Phi) is 6.99. The Hall–Kier alpha value is -3.69. The number of piperidine rings is 1. The van der Waals surface area contributed by atoms with E-state index in [-0.39, 0.29) is 13.0 Å². The number of nitrogens with zero attached hydrogens (tertiary/aromatic N) is 4. The molecule has 1 saturated heterocycles. The maximum atomic E-state index is 14.1. The standard InChI is InChI=1S/C27H30F2N4O4/c1-37-27(36)32-12-9-17-6-8-23-25(20(17)16-32)30-26(31-10-3-2-4-11-31)33(23)15-19(14-24(34)35)18-5-7-21(28)22(29)13-18/h5-8,13,19H,2-4,9-12,14-16H2,1H3,(H,34,35)/t19-/m0/s1. The van der Waals surface area contributed by atoms with Gasteiger partial charge in [-0.2, -0.15) is 0 Å². The Morgan fingerprint density at radius 2 is 1.86 bits per heavy atom. The van der Waals surface area contributed by atoms with Crippen LogP contribution < -0.4 is 4.90 Å². The van der Waals surface area contributed by atoms with E-state index in [0.717, 1.165) is 72.6 Å². The molecule has 0 spiro atoms. The average molecular weight is 513 g/mol. The molecule has 3 aromatic rings. The van der Waals surface area contributed by atoms with Gasteiger partial charge in [-0.25, -0.2) is 18.6 Å². The molecule has 0 unspecified atom stereocenters. The smallest absolute Gasteiger partial charge is 0.409 e. The lowest BCUT2D eigenvalue weighted by Crippen LogP contribution is -2.35. The van der Waals surface area contributed by atoms with Crippen LogP contribution in [0.4, 0.5) is 19.5 Å². The number of carboxylic acid groups (broad SMARTS) is 1. The second kappa shape index (κ2) is 10.4. The van der Waals surface area contributed by atoms with Gasteiger partial charge in [0.1, 0.15) is 0 Å². The molecule has 8 nitrogen and oxygen atoms in total. The molecule has 1 fully saturated rings. The summed E-state index contributed by atoms with van der Waals surface area (Å²) in [7, 11) is 1.36. The first-order chi connectivity index (χ1) is 17.9. The minimum absolute atomic E-state index is 0.235. The SMILES string of the molecule is COC(=O)N1CCc2ccc3c(nc(N4CCCCC4)n3C[C@H](CC(=O)O)c3ccc(F)c(F)c3)c2C1. The van der Waals surface area contributed by atoms with Gasteiger partial charge in [-0.3, -0.25) is 4.79 Å². The number of halogens is 2. The van der Waals surface area contributed by atoms with Crippen molar-refractivity contribution in [2.75, 3.05) is 31.6 Å². The molecule has 5 rings (SSSR count). The number of carbonyl (C=O) groups is 2. The number of carbonyl (C=O) groups excluding carboxylic acids is 1. The summed E-state index contributed by atoms with van der Waals surface area (Å²) in [6.07, 6.45) is 3.24. The summed E-state index contributed by atoms with van der Waals surface area (Å²) in [5.74, 6) is -2.87. The molecule has 2 aliphatic heterocycles. The highest BCUT2D eigenvalue weighted by molar-refractivity contribution is 5.84. The Labute approximate surface area is 213 Å². The van der Waals surface area contributed by atoms with Crippen LogP contribution in [0.25, 0.3) is 11.0 Å². The molecule has 3 heterocycles. The number of aliphatic carboxylic acids is 1. The number of hydrogen-bond donors (Lipinski definition) is 1. The van der Waals surface area contributed by atoms with E-state index in [1.165, 1.54) is 13.2 Å². The van der Waals surface area contributed by atoms with Gasteiger partial charge in [0.05, 0.1) is 31.1 Å². The first kappa shape index (κ1) is 25.0. The number of benzene rings is 2. The number of fused-ring (bicyclic) bond motifs is 3. The zero-order chi connectivity index (χ0) is 26.1. The third-order valence-electron chi connectivity index (χ3n) is 7.41. The van der Waals surface area contributed by atoms with E-state index in [1.807, 2.05) is 16.7 Å². The van der Waals surface area contributed by atoms with Gasteiger partial charge in [0, 0.05) is 37.7 Å². The number of ether oxygens (including phenoxy) is 1. The number of aromatic nitrogens is 2. The van der Waals surface area contributed by atoms with E-state index in [9.17, 15) is 23.5 Å². The maximum absolute atomic E-state index is 14.1. The monoisotopic (exact) mass is 512 g/mol. The lowest BCUT2D eigenvalue weighted by Gasteiger charge is -2.29. The highest BCUT2D eigenvalue weighted by Crippen LogP contribution is 2.35. The molecule has 1 aromatic heterocycles. The number of methoxy groups -OCH3 is 1. The Morgan fingerprint density at radius 3 is 2.57 bits per heavy atom. The minimum atomic E-state index is -1.02. The van der Waals surface area contributed by atoms with Crippen LogP contribution >= 0.6 is 0 Å². The fourth-order valence-corrected chi connectivity index (χ4v) is 5.50. The topological polar surface area (TPSA) is 87.9 Å². The summed E-state index contributed by atoms with van der Waals surface area (Å²) in [5.41, 5.74) is 4.08. The Morgan fingerprint density at radius 1 is 1.08 bits per heavy atom. The van der Waals surface area contributed by atoms with E-state index in [0.29, 0.717) is 25.1 Å². The molecule has 0 aliphatic carbocycles. The van der Waals surface area contributed by atoms with E-state index in [2.05, 4.69) is 4.90 Å². The number of amides is 1. The van der Waals surface area contributed by atoms with Crippen molar-refractivity contribution in [3.8, 4) is 0 Å². The number of imidazole rings is 1. The molecule has 1 atom stereocenters. The predicted octanol–water partition coefficient (Wildman–Crippen LogP) is 4.69. The van der Waals surface area contributed by atoms with E-state index in [4.69, 9.17) is 9.72 Å². The molecule has 0 saturated carbocycles. The summed E-state index contributed by atoms with van der Waals surface area (Å²) in [4.78, 5) is 32.9. The van der Waals surface area contributed by atoms with Crippen LogP contribution in [-0.4, -0.2) is 58.4 Å². The minimum Gasteiger partial charge on any atom is -0.481 e. The van der Waals surface area contributed by atoms with Crippen LogP contribution in [0.2, 0.25) is 0 Å². The summed E-state index contributed by atoms with van der Waals surface area (Å²) in [5, 5.41) is 9.64. The highest BCUT2D eigenvalue weighted by atomic mass is 19.2. The molecule has 2 aliphatic rings. The van der Waals surface area contributed by atoms with Crippen LogP contribution in [0, 0.1) is 11.6 Å². The average Bonchev–Trinajstić information content (AvgIpc) is 3.28. The van der Waals surface area contributed by atoms with E-state index < -0.39 is 29.6 Å². The van der Waals surface area contributed by atoms with Crippen molar-refractivity contribution in [1.82, 2.24) is 14.5 Å². The lowest BCUT2D eigenvalue weighted by atomic mass is 9.95. The normalized spacial score (nSPS) is 16.5. The molecule has 0 bridgehead atoms. The molecule has 37 heavy (non-hydrogen) atoms. The largest absolute Gasteiger partial charge is 0.481 e. The van der Waals surface area contributed by atoms with E-state index in [1.54, 1.807) is 4.90 Å². The lowest BCUT2D eigenvalue weighted by molar-refractivity contribution is -0.137. The second-order valence-electron chi connectivity index (χ2n) is 9.75. The zero-order valence-electron chi connectivity index (χ0n) is 20.8. The van der Waals surface area contributed by atoms with Crippen molar-refractivity contribution in [2.24, 2.45) is 0 Å². The summed E-state index contributed by atoms with van der Waals surface area (Å²) in [6.45, 7) is 2.82. The van der Waals surface area contributed by atoms with Crippen molar-refractivity contribution in [3.05, 3.63) is 58.7 Å². The first-order valence-electron chi connectivity index (χ1n) is 12.6. The molecule has 1 N–H and O–H groups in total. The van der Waals surface area contributed by atoms with Gasteiger partial charge in [0.2, 0.25) is 5.95 Å². The molecule has 10 heteroatoms. The van der Waals surface area contributed by atoms with Gasteiger partial charge in [-0.05, 0) is 55.0 Å². The molecule has 1 amide bonds. The van der Waals surface area contributed by atoms with Crippen molar-refractivity contribution in [3.63, 3.8) is 0 Å². The van der Waals surface area contributed by atoms with Crippen LogP contribution in [0.5, 0.6) is 0 Å². The molecule has 2 aromatic carbocycles. The van der Waals surface area contributed by atoms with Crippen LogP contribution in [0.15, 0.2) is 30.3 Å². The van der Waals surface area contributed by atoms with Crippen molar-refractivity contribution >= 4 is 29.0 Å². The zero-order valence-corrected chi connectivity index (χ0v) is 20.8. The predicted molar refractivity (Wildman–Crippen MR) is 134 cm³/mol. The Balaban J connectivity index is 1.61. The van der Waals surface area contributed by atoms with Crippen molar-refractivity contribution < 1.29 is 28.2 Å². The fraction of sp³-hybridized carbons (Fsp3) is 0.444. The fourth-order valence-electron chi connectivity index (χ4n) is 5.50. The number of carboxylic acids is 1. The van der Waals surface area contributed by atoms with Crippen molar-refractivity contribution in [2.45, 2.75) is 51.1 Å². The third kappa shape index (κ3) is 4.97. The quantitative estimate of drug-likeness (QED) is 0.516. The van der Waals surface area contributed by atoms with Crippen LogP contribution in [-0.2, 0) is 29.0 Å². The highest BCUT2D eigenvalue weighted by Gasteiger charge is 2.29.